The highest BCUT2D eigenvalue weighted by Crippen LogP contribution is 2.13. The molecule has 0 aliphatic rings. The van der Waals surface area contributed by atoms with Crippen LogP contribution in [0.5, 0.6) is 0 Å². The van der Waals surface area contributed by atoms with Crippen LogP contribution in [0.1, 0.15) is 18.1 Å². The third-order valence-corrected chi connectivity index (χ3v) is 4.05. The Morgan fingerprint density at radius 2 is 2.16 bits per heavy atom. The third kappa shape index (κ3) is 4.12. The second-order valence-electron chi connectivity index (χ2n) is 6.35. The largest absolute Gasteiger partial charge is 0.341 e. The van der Waals surface area contributed by atoms with Crippen molar-refractivity contribution in [3.8, 4) is 5.69 Å². The van der Waals surface area contributed by atoms with Gasteiger partial charge in [0.1, 0.15) is 12.7 Å². The van der Waals surface area contributed by atoms with Crippen molar-refractivity contribution in [3.05, 3.63) is 60.4 Å². The van der Waals surface area contributed by atoms with Crippen molar-refractivity contribution < 1.29 is 4.79 Å². The number of nitrogens with zero attached hydrogens (tertiary/aromatic N) is 6. The third-order valence-electron chi connectivity index (χ3n) is 4.05. The topological polar surface area (TPSA) is 68.8 Å². The van der Waals surface area contributed by atoms with Crippen molar-refractivity contribution in [1.29, 1.82) is 0 Å². The molecule has 3 rings (SSSR count). The van der Waals surface area contributed by atoms with Crippen LogP contribution in [0.25, 0.3) is 5.69 Å². The number of amides is 1. The molecule has 0 saturated heterocycles. The Balaban J connectivity index is 1.63. The Morgan fingerprint density at radius 3 is 2.88 bits per heavy atom. The summed E-state index contributed by atoms with van der Waals surface area (Å²) in [6.07, 6.45) is 6.85. The zero-order valence-electron chi connectivity index (χ0n) is 14.7. The molecule has 0 spiro atoms. The molecule has 0 aliphatic carbocycles. The maximum atomic E-state index is 12.5. The summed E-state index contributed by atoms with van der Waals surface area (Å²) >= 11 is 0. The molecule has 0 N–H and O–H groups in total. The van der Waals surface area contributed by atoms with E-state index in [1.165, 1.54) is 11.9 Å². The number of rotatable bonds is 6. The first-order valence-electron chi connectivity index (χ1n) is 8.21. The van der Waals surface area contributed by atoms with Crippen LogP contribution in [-0.2, 0) is 17.9 Å². The van der Waals surface area contributed by atoms with Crippen LogP contribution in [0.2, 0.25) is 0 Å². The van der Waals surface area contributed by atoms with Gasteiger partial charge in [0.25, 0.3) is 0 Å². The summed E-state index contributed by atoms with van der Waals surface area (Å²) < 4.78 is 3.51. The zero-order chi connectivity index (χ0) is 17.8. The van der Waals surface area contributed by atoms with Gasteiger partial charge in [-0.3, -0.25) is 9.48 Å². The van der Waals surface area contributed by atoms with E-state index >= 15 is 0 Å². The molecule has 130 valence electrons. The van der Waals surface area contributed by atoms with Crippen molar-refractivity contribution in [3.63, 3.8) is 0 Å². The van der Waals surface area contributed by atoms with Crippen molar-refractivity contribution in [2.24, 2.45) is 5.92 Å². The Morgan fingerprint density at radius 1 is 1.32 bits per heavy atom. The number of aryl methyl sites for hydroxylation is 1. The summed E-state index contributed by atoms with van der Waals surface area (Å²) in [5.41, 5.74) is 3.19. The summed E-state index contributed by atoms with van der Waals surface area (Å²) in [5.74, 6) is -0.0997. The molecule has 1 amide bonds. The van der Waals surface area contributed by atoms with Crippen LogP contribution in [0.3, 0.4) is 0 Å². The number of benzene rings is 1. The van der Waals surface area contributed by atoms with E-state index in [2.05, 4.69) is 34.2 Å². The SMILES string of the molecule is Cc1cccc(-n2cc(CN(C)C(=O)C(C)Cn3cncn3)cn2)c1. The predicted octanol–water partition coefficient (Wildman–Crippen LogP) is 2.07. The van der Waals surface area contributed by atoms with Gasteiger partial charge in [-0.2, -0.15) is 10.2 Å². The molecule has 0 fully saturated rings. The van der Waals surface area contributed by atoms with Gasteiger partial charge in [-0.15, -0.1) is 0 Å². The molecule has 0 saturated carbocycles. The van der Waals surface area contributed by atoms with Gasteiger partial charge < -0.3 is 4.90 Å². The lowest BCUT2D eigenvalue weighted by Crippen LogP contribution is -2.33. The van der Waals surface area contributed by atoms with Crippen molar-refractivity contribution in [1.82, 2.24) is 29.4 Å². The molecule has 3 aromatic rings. The second-order valence-corrected chi connectivity index (χ2v) is 6.35. The van der Waals surface area contributed by atoms with Gasteiger partial charge in [0.2, 0.25) is 5.91 Å². The highest BCUT2D eigenvalue weighted by atomic mass is 16.2. The van der Waals surface area contributed by atoms with Crippen LogP contribution in [-0.4, -0.2) is 42.4 Å². The second kappa shape index (κ2) is 7.29. The minimum absolute atomic E-state index is 0.0683. The Bertz CT molecular complexity index is 839. The molecule has 25 heavy (non-hydrogen) atoms. The Kier molecular flexibility index (Phi) is 4.92. The van der Waals surface area contributed by atoms with E-state index in [1.807, 2.05) is 37.0 Å². The van der Waals surface area contributed by atoms with Crippen molar-refractivity contribution >= 4 is 5.91 Å². The summed E-state index contributed by atoms with van der Waals surface area (Å²) in [4.78, 5) is 18.2. The average molecular weight is 338 g/mol. The molecule has 1 unspecified atom stereocenters. The van der Waals surface area contributed by atoms with Crippen LogP contribution in [0.15, 0.2) is 49.3 Å². The zero-order valence-corrected chi connectivity index (χ0v) is 14.7. The molecular formula is C18H22N6O. The van der Waals surface area contributed by atoms with E-state index in [4.69, 9.17) is 0 Å². The summed E-state index contributed by atoms with van der Waals surface area (Å²) in [5, 5.41) is 8.45. The first kappa shape index (κ1) is 16.9. The number of hydrogen-bond donors (Lipinski definition) is 0. The molecule has 2 aromatic heterocycles. The monoisotopic (exact) mass is 338 g/mol. The van der Waals surface area contributed by atoms with Crippen molar-refractivity contribution in [2.45, 2.75) is 26.9 Å². The van der Waals surface area contributed by atoms with Crippen LogP contribution >= 0.6 is 0 Å². The van der Waals surface area contributed by atoms with E-state index in [9.17, 15) is 4.79 Å². The smallest absolute Gasteiger partial charge is 0.227 e. The summed E-state index contributed by atoms with van der Waals surface area (Å²) in [7, 11) is 1.81. The number of carbonyl (C=O) groups is 1. The highest BCUT2D eigenvalue weighted by Gasteiger charge is 2.19. The Hall–Kier alpha value is -2.96. The van der Waals surface area contributed by atoms with E-state index in [-0.39, 0.29) is 11.8 Å². The summed E-state index contributed by atoms with van der Waals surface area (Å²) in [6, 6.07) is 8.15. The van der Waals surface area contributed by atoms with Crippen LogP contribution < -0.4 is 0 Å². The fourth-order valence-electron chi connectivity index (χ4n) is 2.77. The number of aromatic nitrogens is 5. The van der Waals surface area contributed by atoms with Crippen LogP contribution in [0, 0.1) is 12.8 Å². The molecule has 7 nitrogen and oxygen atoms in total. The molecule has 0 radical (unpaired) electrons. The number of hydrogen-bond acceptors (Lipinski definition) is 4. The predicted molar refractivity (Wildman–Crippen MR) is 94.0 cm³/mol. The number of carbonyl (C=O) groups excluding carboxylic acids is 1. The van der Waals surface area contributed by atoms with Gasteiger partial charge in [-0.05, 0) is 24.6 Å². The maximum Gasteiger partial charge on any atom is 0.227 e. The first-order valence-corrected chi connectivity index (χ1v) is 8.21. The summed E-state index contributed by atoms with van der Waals surface area (Å²) in [6.45, 7) is 4.99. The van der Waals surface area contributed by atoms with Crippen molar-refractivity contribution in [2.75, 3.05) is 7.05 Å². The van der Waals surface area contributed by atoms with Gasteiger partial charge >= 0.3 is 0 Å². The first-order chi connectivity index (χ1) is 12.0. The maximum absolute atomic E-state index is 12.5. The lowest BCUT2D eigenvalue weighted by Gasteiger charge is -2.20. The van der Waals surface area contributed by atoms with Gasteiger partial charge in [0.15, 0.2) is 0 Å². The minimum atomic E-state index is -0.168. The van der Waals surface area contributed by atoms with Crippen LogP contribution in [0.4, 0.5) is 0 Å². The highest BCUT2D eigenvalue weighted by molar-refractivity contribution is 5.78. The molecule has 7 heteroatoms. The molecule has 2 heterocycles. The van der Waals surface area contributed by atoms with E-state index in [0.29, 0.717) is 13.1 Å². The Labute approximate surface area is 146 Å². The molecular weight excluding hydrogens is 316 g/mol. The lowest BCUT2D eigenvalue weighted by atomic mass is 10.1. The normalized spacial score (nSPS) is 12.1. The van der Waals surface area contributed by atoms with E-state index < -0.39 is 0 Å². The standard InChI is InChI=1S/C18H22N6O/c1-14-5-4-6-17(7-14)24-11-16(8-20-24)10-22(3)18(25)15(2)9-23-13-19-12-21-23/h4-8,11-13,15H,9-10H2,1-3H3. The molecule has 0 bridgehead atoms. The van der Waals surface area contributed by atoms with Gasteiger partial charge in [-0.25, -0.2) is 9.67 Å². The minimum Gasteiger partial charge on any atom is -0.341 e. The molecule has 1 aromatic carbocycles. The fraction of sp³-hybridized carbons (Fsp3) is 0.333. The quantitative estimate of drug-likeness (QED) is 0.690. The molecule has 0 aliphatic heterocycles. The van der Waals surface area contributed by atoms with Gasteiger partial charge in [-0.1, -0.05) is 19.1 Å². The van der Waals surface area contributed by atoms with Gasteiger partial charge in [0, 0.05) is 25.4 Å². The average Bonchev–Trinajstić information content (AvgIpc) is 3.26. The molecule has 1 atom stereocenters. The van der Waals surface area contributed by atoms with Gasteiger partial charge in [0.05, 0.1) is 24.3 Å². The fourth-order valence-corrected chi connectivity index (χ4v) is 2.77. The van der Waals surface area contributed by atoms with E-state index in [1.54, 1.807) is 22.1 Å². The van der Waals surface area contributed by atoms with E-state index in [0.717, 1.165) is 11.3 Å². The lowest BCUT2D eigenvalue weighted by molar-refractivity contribution is -0.134.